The van der Waals surface area contributed by atoms with Crippen LogP contribution in [0.25, 0.3) is 0 Å². The molecule has 8 heteroatoms. The van der Waals surface area contributed by atoms with E-state index in [-0.39, 0.29) is 18.5 Å². The number of amides is 1. The predicted molar refractivity (Wildman–Crippen MR) is 88.2 cm³/mol. The van der Waals surface area contributed by atoms with Crippen molar-refractivity contribution >= 4 is 18.0 Å². The molecule has 0 spiro atoms. The number of hydrogen-bond donors (Lipinski definition) is 3. The number of likely N-dealkylation sites (tertiary alicyclic amines) is 1. The Kier molecular flexibility index (Phi) is 6.00. The molecule has 130 valence electrons. The first-order chi connectivity index (χ1) is 11.5. The quantitative estimate of drug-likeness (QED) is 0.520. The van der Waals surface area contributed by atoms with Gasteiger partial charge in [-0.3, -0.25) is 9.89 Å². The third-order valence-electron chi connectivity index (χ3n) is 3.94. The van der Waals surface area contributed by atoms with Crippen LogP contribution in [0.1, 0.15) is 18.4 Å². The Labute approximate surface area is 140 Å². The molecule has 1 aliphatic rings. The molecule has 0 aliphatic carbocycles. The summed E-state index contributed by atoms with van der Waals surface area (Å²) < 4.78 is 5.24. The zero-order valence-corrected chi connectivity index (χ0v) is 13.3. The maximum Gasteiger partial charge on any atom is 0.410 e. The molecule has 0 aromatic heterocycles. The van der Waals surface area contributed by atoms with Gasteiger partial charge in [-0.1, -0.05) is 30.3 Å². The van der Waals surface area contributed by atoms with Gasteiger partial charge in [0.2, 0.25) is 0 Å². The molecule has 8 nitrogen and oxygen atoms in total. The Hall–Kier alpha value is -2.77. The number of guanidine groups is 1. The molecule has 5 N–H and O–H groups in total. The fourth-order valence-corrected chi connectivity index (χ4v) is 2.75. The van der Waals surface area contributed by atoms with E-state index in [1.807, 2.05) is 30.3 Å². The molecule has 1 aliphatic heterocycles. The van der Waals surface area contributed by atoms with E-state index < -0.39 is 18.1 Å². The molecular formula is C16H22N4O4. The summed E-state index contributed by atoms with van der Waals surface area (Å²) in [6, 6.07) is 8.36. The van der Waals surface area contributed by atoms with E-state index in [1.165, 1.54) is 4.90 Å². The van der Waals surface area contributed by atoms with Crippen LogP contribution in [-0.2, 0) is 16.1 Å². The van der Waals surface area contributed by atoms with Crippen LogP contribution >= 0.6 is 0 Å². The number of aliphatic carboxylic acids is 1. The molecule has 1 fully saturated rings. The first kappa shape index (κ1) is 17.6. The van der Waals surface area contributed by atoms with Crippen molar-refractivity contribution in [3.05, 3.63) is 35.9 Å². The van der Waals surface area contributed by atoms with Gasteiger partial charge >= 0.3 is 12.1 Å². The van der Waals surface area contributed by atoms with Crippen molar-refractivity contribution in [1.29, 1.82) is 0 Å². The maximum atomic E-state index is 12.2. The van der Waals surface area contributed by atoms with Crippen LogP contribution in [0.3, 0.4) is 0 Å². The van der Waals surface area contributed by atoms with Gasteiger partial charge in [-0.15, -0.1) is 0 Å². The van der Waals surface area contributed by atoms with Crippen LogP contribution in [0.4, 0.5) is 4.79 Å². The second kappa shape index (κ2) is 8.19. The number of ether oxygens (including phenoxy) is 1. The highest BCUT2D eigenvalue weighted by Crippen LogP contribution is 2.27. The first-order valence-electron chi connectivity index (χ1n) is 7.73. The number of carbonyl (C=O) groups excluding carboxylic acids is 1. The summed E-state index contributed by atoms with van der Waals surface area (Å²) in [6.07, 6.45) is 0.371. The number of benzene rings is 1. The molecule has 1 heterocycles. The number of nitrogens with two attached hydrogens (primary N) is 2. The van der Waals surface area contributed by atoms with Crippen molar-refractivity contribution in [2.24, 2.45) is 22.4 Å². The topological polar surface area (TPSA) is 131 Å². The van der Waals surface area contributed by atoms with E-state index in [0.29, 0.717) is 25.9 Å². The number of aliphatic imine (C=N–C) groups is 1. The van der Waals surface area contributed by atoms with Crippen molar-refractivity contribution in [2.75, 3.05) is 13.1 Å². The largest absolute Gasteiger partial charge is 0.480 e. The van der Waals surface area contributed by atoms with Gasteiger partial charge in [-0.05, 0) is 24.3 Å². The first-order valence-corrected chi connectivity index (χ1v) is 7.73. The molecule has 2 atom stereocenters. The number of nitrogens with zero attached hydrogens (tertiary/aromatic N) is 2. The summed E-state index contributed by atoms with van der Waals surface area (Å²) in [5.41, 5.74) is 11.4. The van der Waals surface area contributed by atoms with Gasteiger partial charge in [0, 0.05) is 13.1 Å². The van der Waals surface area contributed by atoms with Crippen LogP contribution in [0.2, 0.25) is 0 Å². The van der Waals surface area contributed by atoms with Crippen LogP contribution in [-0.4, -0.2) is 47.2 Å². The summed E-state index contributed by atoms with van der Waals surface area (Å²) in [6.45, 7) is 0.845. The summed E-state index contributed by atoms with van der Waals surface area (Å²) in [5, 5.41) is 9.33. The summed E-state index contributed by atoms with van der Waals surface area (Å²) in [4.78, 5) is 28.8. The van der Waals surface area contributed by atoms with E-state index in [2.05, 4.69) is 4.99 Å². The monoisotopic (exact) mass is 334 g/mol. The number of carboxylic acids is 1. The lowest BCUT2D eigenvalue weighted by atomic mass is 10.0. The number of carbonyl (C=O) groups is 2. The summed E-state index contributed by atoms with van der Waals surface area (Å²) in [5.74, 6) is -1.00. The number of rotatable bonds is 6. The lowest BCUT2D eigenvalue weighted by Crippen LogP contribution is -2.40. The second-order valence-electron chi connectivity index (χ2n) is 5.74. The van der Waals surface area contributed by atoms with Gasteiger partial charge in [-0.25, -0.2) is 9.59 Å². The minimum atomic E-state index is -1.03. The van der Waals surface area contributed by atoms with E-state index in [4.69, 9.17) is 16.2 Å². The highest BCUT2D eigenvalue weighted by atomic mass is 16.6. The Balaban J connectivity index is 1.92. The third kappa shape index (κ3) is 4.87. The van der Waals surface area contributed by atoms with Gasteiger partial charge < -0.3 is 21.3 Å². The fraction of sp³-hybridized carbons (Fsp3) is 0.438. The van der Waals surface area contributed by atoms with Crippen LogP contribution < -0.4 is 11.5 Å². The van der Waals surface area contributed by atoms with E-state index in [0.717, 1.165) is 5.56 Å². The standard InChI is InChI=1S/C16H22N4O4/c17-15(18)19-7-6-12-8-13(14(21)22)20(9-12)16(23)24-10-11-4-2-1-3-5-11/h1-5,12-13H,6-10H2,(H,21,22)(H4,17,18,19)/t12-,13-/m0/s1. The molecule has 1 amide bonds. The normalized spacial score (nSPS) is 19.8. The van der Waals surface area contributed by atoms with E-state index in [1.54, 1.807) is 0 Å². The van der Waals surface area contributed by atoms with Gasteiger partial charge in [0.15, 0.2) is 5.96 Å². The molecule has 1 saturated heterocycles. The fourth-order valence-electron chi connectivity index (χ4n) is 2.75. The van der Waals surface area contributed by atoms with Crippen molar-refractivity contribution in [1.82, 2.24) is 4.90 Å². The van der Waals surface area contributed by atoms with Crippen molar-refractivity contribution in [3.8, 4) is 0 Å². The van der Waals surface area contributed by atoms with Crippen LogP contribution in [0, 0.1) is 5.92 Å². The average Bonchev–Trinajstić information content (AvgIpc) is 2.98. The molecule has 24 heavy (non-hydrogen) atoms. The lowest BCUT2D eigenvalue weighted by molar-refractivity contribution is -0.141. The van der Waals surface area contributed by atoms with Gasteiger partial charge in [-0.2, -0.15) is 0 Å². The second-order valence-corrected chi connectivity index (χ2v) is 5.74. The molecule has 0 saturated carbocycles. The maximum absolute atomic E-state index is 12.2. The Morgan fingerprint density at radius 2 is 2.00 bits per heavy atom. The van der Waals surface area contributed by atoms with Gasteiger partial charge in [0.25, 0.3) is 0 Å². The average molecular weight is 334 g/mol. The van der Waals surface area contributed by atoms with Gasteiger partial charge in [0.1, 0.15) is 12.6 Å². The van der Waals surface area contributed by atoms with Crippen molar-refractivity contribution in [2.45, 2.75) is 25.5 Å². The summed E-state index contributed by atoms with van der Waals surface area (Å²) in [7, 11) is 0. The minimum Gasteiger partial charge on any atom is -0.480 e. The lowest BCUT2D eigenvalue weighted by Gasteiger charge is -2.20. The highest BCUT2D eigenvalue weighted by molar-refractivity contribution is 5.80. The molecular weight excluding hydrogens is 312 g/mol. The zero-order chi connectivity index (χ0) is 17.5. The molecule has 1 aromatic rings. The Morgan fingerprint density at radius 1 is 1.29 bits per heavy atom. The highest BCUT2D eigenvalue weighted by Gasteiger charge is 2.40. The minimum absolute atomic E-state index is 0.00177. The van der Waals surface area contributed by atoms with E-state index in [9.17, 15) is 14.7 Å². The summed E-state index contributed by atoms with van der Waals surface area (Å²) >= 11 is 0. The molecule has 1 aromatic carbocycles. The van der Waals surface area contributed by atoms with Crippen molar-refractivity contribution < 1.29 is 19.4 Å². The zero-order valence-electron chi connectivity index (χ0n) is 13.3. The Morgan fingerprint density at radius 3 is 2.62 bits per heavy atom. The molecule has 0 bridgehead atoms. The van der Waals surface area contributed by atoms with Crippen LogP contribution in [0.5, 0.6) is 0 Å². The van der Waals surface area contributed by atoms with Crippen molar-refractivity contribution in [3.63, 3.8) is 0 Å². The number of carboxylic acid groups (broad SMARTS) is 1. The Bertz CT molecular complexity index is 601. The van der Waals surface area contributed by atoms with Gasteiger partial charge in [0.05, 0.1) is 0 Å². The third-order valence-corrected chi connectivity index (χ3v) is 3.94. The number of hydrogen-bond acceptors (Lipinski definition) is 4. The molecule has 0 unspecified atom stereocenters. The van der Waals surface area contributed by atoms with E-state index >= 15 is 0 Å². The SMILES string of the molecule is NC(N)=NCC[C@H]1C[C@@H](C(=O)O)N(C(=O)OCc2ccccc2)C1. The predicted octanol–water partition coefficient (Wildman–Crippen LogP) is 0.762. The smallest absolute Gasteiger partial charge is 0.410 e. The molecule has 0 radical (unpaired) electrons. The molecule has 2 rings (SSSR count). The van der Waals surface area contributed by atoms with Crippen LogP contribution in [0.15, 0.2) is 35.3 Å².